The summed E-state index contributed by atoms with van der Waals surface area (Å²) in [5.74, 6) is -10.7. The quantitative estimate of drug-likeness (QED) is 0.391. The van der Waals surface area contributed by atoms with Crippen LogP contribution in [-0.2, 0) is 4.79 Å². The van der Waals surface area contributed by atoms with Gasteiger partial charge in [-0.05, 0) is 0 Å². The fraction of sp³-hybridized carbons (Fsp3) is 0.429. The van der Waals surface area contributed by atoms with Crippen molar-refractivity contribution in [1.29, 1.82) is 0 Å². The maximum Gasteiger partial charge on any atom is 0.322 e. The fourth-order valence-corrected chi connectivity index (χ4v) is 2.31. The van der Waals surface area contributed by atoms with Gasteiger partial charge in [0.05, 0.1) is 0 Å². The largest absolute Gasteiger partial charge is 0.322 e. The molecule has 1 aliphatic rings. The van der Waals surface area contributed by atoms with Crippen LogP contribution in [0.3, 0.4) is 0 Å². The summed E-state index contributed by atoms with van der Waals surface area (Å²) in [6, 6.07) is -0.965. The van der Waals surface area contributed by atoms with Crippen molar-refractivity contribution >= 4 is 18.0 Å². The van der Waals surface area contributed by atoms with Gasteiger partial charge in [-0.15, -0.1) is 0 Å². The van der Waals surface area contributed by atoms with E-state index in [1.807, 2.05) is 4.90 Å². The van der Waals surface area contributed by atoms with Crippen LogP contribution in [0.25, 0.3) is 0 Å². The molecule has 2 amide bonds. The van der Waals surface area contributed by atoms with Gasteiger partial charge in [0, 0.05) is 39.1 Å². The summed E-state index contributed by atoms with van der Waals surface area (Å²) < 4.78 is 66.2. The molecule has 2 rings (SSSR count). The second-order valence-corrected chi connectivity index (χ2v) is 5.16. The Morgan fingerprint density at radius 3 is 1.92 bits per heavy atom. The Hall–Kier alpha value is -2.23. The molecule has 24 heavy (non-hydrogen) atoms. The molecule has 0 spiro atoms. The number of amides is 2. The van der Waals surface area contributed by atoms with Crippen LogP contribution in [0.2, 0.25) is 0 Å². The average Bonchev–Trinajstić information content (AvgIpc) is 2.60. The van der Waals surface area contributed by atoms with E-state index < -0.39 is 40.8 Å². The number of nitrogens with one attached hydrogen (secondary N) is 1. The van der Waals surface area contributed by atoms with Gasteiger partial charge in [0.15, 0.2) is 23.3 Å². The summed E-state index contributed by atoms with van der Waals surface area (Å²) in [5.41, 5.74) is -1.38. The van der Waals surface area contributed by atoms with E-state index in [1.165, 1.54) is 4.90 Å². The number of hydrogen-bond donors (Lipinski definition) is 1. The molecule has 0 unspecified atom stereocenters. The standard InChI is InChI=1S/C14H14F5N3O2/c15-8-9(16)11(18)13(12(19)10(8)17)20-14(24)22-5-3-21(4-6-22)2-1-7-23/h7H,1-6H2,(H,20,24). The topological polar surface area (TPSA) is 52.7 Å². The molecule has 0 aromatic heterocycles. The van der Waals surface area contributed by atoms with E-state index in [2.05, 4.69) is 0 Å². The maximum absolute atomic E-state index is 13.5. The van der Waals surface area contributed by atoms with Crippen molar-refractivity contribution in [3.05, 3.63) is 29.1 Å². The normalized spacial score (nSPS) is 15.5. The molecular formula is C14H14F5N3O2. The van der Waals surface area contributed by atoms with Crippen LogP contribution in [0.4, 0.5) is 32.4 Å². The summed E-state index contributed by atoms with van der Waals surface area (Å²) >= 11 is 0. The van der Waals surface area contributed by atoms with Crippen LogP contribution in [0, 0.1) is 29.1 Å². The third-order valence-corrected chi connectivity index (χ3v) is 3.66. The smallest absolute Gasteiger partial charge is 0.322 e. The minimum absolute atomic E-state index is 0.195. The minimum atomic E-state index is -2.29. The van der Waals surface area contributed by atoms with Crippen molar-refractivity contribution in [2.45, 2.75) is 6.42 Å². The highest BCUT2D eigenvalue weighted by molar-refractivity contribution is 5.89. The molecule has 132 valence electrons. The van der Waals surface area contributed by atoms with Crippen molar-refractivity contribution in [3.8, 4) is 0 Å². The lowest BCUT2D eigenvalue weighted by Crippen LogP contribution is -2.50. The highest BCUT2D eigenvalue weighted by Crippen LogP contribution is 2.27. The number of nitrogens with zero attached hydrogens (tertiary/aromatic N) is 2. The van der Waals surface area contributed by atoms with Crippen molar-refractivity contribution in [2.24, 2.45) is 0 Å². The van der Waals surface area contributed by atoms with Gasteiger partial charge in [0.25, 0.3) is 0 Å². The molecule has 0 saturated carbocycles. The van der Waals surface area contributed by atoms with Gasteiger partial charge in [-0.2, -0.15) is 0 Å². The Kier molecular flexibility index (Phi) is 5.71. The lowest BCUT2D eigenvalue weighted by Gasteiger charge is -2.34. The molecule has 1 aromatic carbocycles. The molecule has 5 nitrogen and oxygen atoms in total. The lowest BCUT2D eigenvalue weighted by atomic mass is 10.2. The first-order valence-corrected chi connectivity index (χ1v) is 7.10. The third-order valence-electron chi connectivity index (χ3n) is 3.66. The van der Waals surface area contributed by atoms with Gasteiger partial charge in [0.2, 0.25) is 5.82 Å². The lowest BCUT2D eigenvalue weighted by molar-refractivity contribution is -0.108. The highest BCUT2D eigenvalue weighted by Gasteiger charge is 2.28. The van der Waals surface area contributed by atoms with Gasteiger partial charge < -0.3 is 15.0 Å². The first kappa shape index (κ1) is 18.1. The molecule has 10 heteroatoms. The van der Waals surface area contributed by atoms with E-state index in [4.69, 9.17) is 0 Å². The number of rotatable bonds is 4. The third kappa shape index (κ3) is 3.64. The molecule has 0 atom stereocenters. The number of carbonyl (C=O) groups is 2. The Morgan fingerprint density at radius 2 is 1.42 bits per heavy atom. The number of hydrogen-bond acceptors (Lipinski definition) is 3. The number of urea groups is 1. The van der Waals surface area contributed by atoms with Crippen molar-refractivity contribution in [1.82, 2.24) is 9.80 Å². The minimum Gasteiger partial charge on any atom is -0.322 e. The zero-order valence-corrected chi connectivity index (χ0v) is 12.4. The average molecular weight is 351 g/mol. The molecule has 1 heterocycles. The second-order valence-electron chi connectivity index (χ2n) is 5.16. The van der Waals surface area contributed by atoms with Gasteiger partial charge in [-0.1, -0.05) is 0 Å². The Labute approximate surface area is 134 Å². The number of piperazine rings is 1. The molecular weight excluding hydrogens is 337 g/mol. The van der Waals surface area contributed by atoms with E-state index in [9.17, 15) is 31.5 Å². The van der Waals surface area contributed by atoms with Crippen LogP contribution in [0.1, 0.15) is 6.42 Å². The zero-order chi connectivity index (χ0) is 17.9. The van der Waals surface area contributed by atoms with E-state index in [-0.39, 0.29) is 13.1 Å². The van der Waals surface area contributed by atoms with E-state index in [0.717, 1.165) is 6.29 Å². The second kappa shape index (κ2) is 7.56. The first-order valence-electron chi connectivity index (χ1n) is 7.10. The van der Waals surface area contributed by atoms with E-state index in [0.29, 0.717) is 26.1 Å². The number of anilines is 1. The summed E-state index contributed by atoms with van der Waals surface area (Å²) in [4.78, 5) is 25.4. The van der Waals surface area contributed by atoms with Gasteiger partial charge in [-0.3, -0.25) is 4.90 Å². The van der Waals surface area contributed by atoms with Crippen LogP contribution < -0.4 is 5.32 Å². The first-order chi connectivity index (χ1) is 11.4. The predicted molar refractivity (Wildman–Crippen MR) is 73.9 cm³/mol. The highest BCUT2D eigenvalue weighted by atomic mass is 19.2. The molecule has 1 fully saturated rings. The number of benzene rings is 1. The van der Waals surface area contributed by atoms with Crippen molar-refractivity contribution in [2.75, 3.05) is 38.0 Å². The summed E-state index contributed by atoms with van der Waals surface area (Å²) in [7, 11) is 0. The van der Waals surface area contributed by atoms with E-state index in [1.54, 1.807) is 5.32 Å². The summed E-state index contributed by atoms with van der Waals surface area (Å²) in [6.07, 6.45) is 1.11. The number of carbonyl (C=O) groups excluding carboxylic acids is 2. The monoisotopic (exact) mass is 351 g/mol. The van der Waals surface area contributed by atoms with Crippen LogP contribution in [0.15, 0.2) is 0 Å². The summed E-state index contributed by atoms with van der Waals surface area (Å²) in [5, 5.41) is 1.73. The Morgan fingerprint density at radius 1 is 0.917 bits per heavy atom. The van der Waals surface area contributed by atoms with Gasteiger partial charge in [0.1, 0.15) is 12.0 Å². The maximum atomic E-state index is 13.5. The molecule has 1 saturated heterocycles. The molecule has 1 aliphatic heterocycles. The van der Waals surface area contributed by atoms with Crippen LogP contribution >= 0.6 is 0 Å². The molecule has 1 aromatic rings. The van der Waals surface area contributed by atoms with Crippen molar-refractivity contribution < 1.29 is 31.5 Å². The Balaban J connectivity index is 2.05. The van der Waals surface area contributed by atoms with Gasteiger partial charge in [-0.25, -0.2) is 26.7 Å². The molecule has 0 aliphatic carbocycles. The molecule has 1 N–H and O–H groups in total. The Bertz CT molecular complexity index is 619. The number of halogens is 5. The fourth-order valence-electron chi connectivity index (χ4n) is 2.31. The zero-order valence-electron chi connectivity index (χ0n) is 12.4. The number of aldehydes is 1. The van der Waals surface area contributed by atoms with E-state index >= 15 is 0 Å². The summed E-state index contributed by atoms with van der Waals surface area (Å²) in [6.45, 7) is 1.77. The molecule has 0 bridgehead atoms. The van der Waals surface area contributed by atoms with Gasteiger partial charge >= 0.3 is 6.03 Å². The predicted octanol–water partition coefficient (Wildman–Crippen LogP) is 2.12. The van der Waals surface area contributed by atoms with Crippen molar-refractivity contribution in [3.63, 3.8) is 0 Å². The van der Waals surface area contributed by atoms with Crippen LogP contribution in [-0.4, -0.2) is 54.8 Å². The van der Waals surface area contributed by atoms with Crippen LogP contribution in [0.5, 0.6) is 0 Å². The SMILES string of the molecule is O=CCCN1CCN(C(=O)Nc2c(F)c(F)c(F)c(F)c2F)CC1. The molecule has 0 radical (unpaired) electrons.